The maximum absolute atomic E-state index is 13.6. The molecule has 2 rings (SSSR count). The quantitative estimate of drug-likeness (QED) is 0.592. The van der Waals surface area contributed by atoms with E-state index in [9.17, 15) is 27.3 Å². The summed E-state index contributed by atoms with van der Waals surface area (Å²) >= 11 is 6.81. The van der Waals surface area contributed by atoms with Crippen molar-refractivity contribution in [1.82, 2.24) is 4.98 Å². The Morgan fingerprint density at radius 3 is 2.48 bits per heavy atom. The normalized spacial score (nSPS) is 13.6. The highest BCUT2D eigenvalue weighted by Gasteiger charge is 2.35. The van der Waals surface area contributed by atoms with E-state index < -0.39 is 39.0 Å². The summed E-state index contributed by atoms with van der Waals surface area (Å²) in [5.41, 5.74) is -1.63. The van der Waals surface area contributed by atoms with Crippen LogP contribution in [-0.2, 0) is 17.2 Å². The first kappa shape index (κ1) is 23.4. The Kier molecular flexibility index (Phi) is 7.13. The molecule has 0 fully saturated rings. The fraction of sp³-hybridized carbons (Fsp3) is 0.278. The molecule has 0 saturated heterocycles. The first-order chi connectivity index (χ1) is 13.3. The molecule has 0 aliphatic rings. The molecule has 0 amide bonds. The SMILES string of the molecule is CC(C)(C)S(=O)N=Cc1c(C(F)(F)F)ccc(Cl)c1Sc1ncccc1C(=O)O. The molecule has 29 heavy (non-hydrogen) atoms. The van der Waals surface area contributed by atoms with Gasteiger partial charge in [-0.1, -0.05) is 23.4 Å². The number of aromatic nitrogens is 1. The standard InChI is InChI=1S/C18H16ClF3N2O3S2/c1-17(2,3)29(27)24-9-11-12(18(20,21)22)6-7-13(19)14(11)28-15-10(16(25)26)5-4-8-23-15/h4-9H,1-3H3,(H,25,26). The summed E-state index contributed by atoms with van der Waals surface area (Å²) in [6.07, 6.45) is -2.55. The van der Waals surface area contributed by atoms with Crippen molar-refractivity contribution in [3.63, 3.8) is 0 Å². The van der Waals surface area contributed by atoms with Gasteiger partial charge in [-0.15, -0.1) is 0 Å². The Balaban J connectivity index is 2.67. The van der Waals surface area contributed by atoms with Gasteiger partial charge >= 0.3 is 12.1 Å². The molecule has 11 heteroatoms. The molecule has 1 heterocycles. The van der Waals surface area contributed by atoms with E-state index in [1.54, 1.807) is 20.8 Å². The highest BCUT2D eigenvalue weighted by atomic mass is 35.5. The second-order valence-electron chi connectivity index (χ2n) is 6.69. The van der Waals surface area contributed by atoms with Gasteiger partial charge < -0.3 is 5.11 Å². The second-order valence-corrected chi connectivity index (χ2v) is 10.0. The summed E-state index contributed by atoms with van der Waals surface area (Å²) in [5, 5.41) is 9.22. The van der Waals surface area contributed by atoms with Gasteiger partial charge in [-0.25, -0.2) is 14.0 Å². The topological polar surface area (TPSA) is 79.6 Å². The van der Waals surface area contributed by atoms with Crippen molar-refractivity contribution >= 4 is 46.5 Å². The second kappa shape index (κ2) is 8.85. The Morgan fingerprint density at radius 1 is 1.28 bits per heavy atom. The van der Waals surface area contributed by atoms with Gasteiger partial charge in [0, 0.05) is 22.9 Å². The lowest BCUT2D eigenvalue weighted by atomic mass is 10.1. The zero-order chi connectivity index (χ0) is 22.0. The molecule has 0 aliphatic heterocycles. The summed E-state index contributed by atoms with van der Waals surface area (Å²) < 4.78 is 55.9. The van der Waals surface area contributed by atoms with Crippen molar-refractivity contribution in [1.29, 1.82) is 0 Å². The number of halogens is 4. The van der Waals surface area contributed by atoms with Gasteiger partial charge in [-0.2, -0.15) is 17.6 Å². The van der Waals surface area contributed by atoms with Gasteiger partial charge in [0.15, 0.2) is 0 Å². The number of nitrogens with zero attached hydrogens (tertiary/aromatic N) is 2. The van der Waals surface area contributed by atoms with Crippen LogP contribution in [0.3, 0.4) is 0 Å². The van der Waals surface area contributed by atoms with E-state index in [1.807, 2.05) is 0 Å². The Morgan fingerprint density at radius 2 is 1.93 bits per heavy atom. The summed E-state index contributed by atoms with van der Waals surface area (Å²) in [6.45, 7) is 4.89. The number of aromatic carboxylic acids is 1. The molecule has 5 nitrogen and oxygen atoms in total. The van der Waals surface area contributed by atoms with Crippen LogP contribution in [0.2, 0.25) is 5.02 Å². The minimum absolute atomic E-state index is 0.0344. The van der Waals surface area contributed by atoms with Gasteiger partial charge in [0.05, 0.1) is 20.9 Å². The van der Waals surface area contributed by atoms with Crippen LogP contribution in [0.4, 0.5) is 13.2 Å². The lowest BCUT2D eigenvalue weighted by Gasteiger charge is -2.17. The Bertz CT molecular complexity index is 989. The number of pyridine rings is 1. The van der Waals surface area contributed by atoms with Crippen molar-refractivity contribution < 1.29 is 27.3 Å². The van der Waals surface area contributed by atoms with Crippen molar-refractivity contribution in [2.24, 2.45) is 4.40 Å². The van der Waals surface area contributed by atoms with Crippen molar-refractivity contribution in [3.8, 4) is 0 Å². The zero-order valence-corrected chi connectivity index (χ0v) is 17.8. The molecule has 0 spiro atoms. The van der Waals surface area contributed by atoms with Crippen LogP contribution in [0.5, 0.6) is 0 Å². The number of benzene rings is 1. The maximum Gasteiger partial charge on any atom is 0.417 e. The van der Waals surface area contributed by atoms with Crippen LogP contribution in [0.15, 0.2) is 44.8 Å². The molecule has 1 aromatic heterocycles. The van der Waals surface area contributed by atoms with Crippen LogP contribution in [-0.4, -0.2) is 31.2 Å². The van der Waals surface area contributed by atoms with E-state index in [-0.39, 0.29) is 20.5 Å². The summed E-state index contributed by atoms with van der Waals surface area (Å²) in [6, 6.07) is 4.54. The fourth-order valence-electron chi connectivity index (χ4n) is 2.04. The summed E-state index contributed by atoms with van der Waals surface area (Å²) in [7, 11) is -1.81. The van der Waals surface area contributed by atoms with Crippen molar-refractivity contribution in [3.05, 3.63) is 52.2 Å². The number of carboxylic acids is 1. The van der Waals surface area contributed by atoms with E-state index in [0.29, 0.717) is 11.8 Å². The highest BCUT2D eigenvalue weighted by Crippen LogP contribution is 2.42. The monoisotopic (exact) mass is 464 g/mol. The first-order valence-electron chi connectivity index (χ1n) is 8.04. The molecule has 1 atom stereocenters. The summed E-state index contributed by atoms with van der Waals surface area (Å²) in [5.74, 6) is -1.28. The molecule has 1 N–H and O–H groups in total. The van der Waals surface area contributed by atoms with Crippen molar-refractivity contribution in [2.75, 3.05) is 0 Å². The van der Waals surface area contributed by atoms with Crippen LogP contribution in [0.1, 0.15) is 42.3 Å². The van der Waals surface area contributed by atoms with E-state index in [1.165, 1.54) is 18.3 Å². The van der Waals surface area contributed by atoms with Gasteiger partial charge in [-0.3, -0.25) is 0 Å². The lowest BCUT2D eigenvalue weighted by molar-refractivity contribution is -0.137. The molecule has 1 unspecified atom stereocenters. The lowest BCUT2D eigenvalue weighted by Crippen LogP contribution is -2.20. The third-order valence-corrected chi connectivity index (χ3v) is 6.39. The van der Waals surface area contributed by atoms with E-state index >= 15 is 0 Å². The number of hydrogen-bond acceptors (Lipinski definition) is 4. The van der Waals surface area contributed by atoms with Crippen LogP contribution >= 0.6 is 23.4 Å². The first-order valence-corrected chi connectivity index (χ1v) is 10.3. The van der Waals surface area contributed by atoms with E-state index in [0.717, 1.165) is 18.3 Å². The molecule has 156 valence electrons. The molecule has 1 aromatic carbocycles. The molecule has 0 saturated carbocycles. The van der Waals surface area contributed by atoms with Gasteiger partial charge in [-0.05, 0) is 45.0 Å². The smallest absolute Gasteiger partial charge is 0.417 e. The van der Waals surface area contributed by atoms with Crippen LogP contribution in [0, 0.1) is 0 Å². The average molecular weight is 465 g/mol. The maximum atomic E-state index is 13.6. The summed E-state index contributed by atoms with van der Waals surface area (Å²) in [4.78, 5) is 15.3. The number of rotatable bonds is 5. The molecule has 0 aliphatic carbocycles. The van der Waals surface area contributed by atoms with E-state index in [4.69, 9.17) is 11.6 Å². The predicted octanol–water partition coefficient (Wildman–Crippen LogP) is 5.48. The Hall–Kier alpha value is -1.91. The molecule has 0 bridgehead atoms. The minimum Gasteiger partial charge on any atom is -0.478 e. The number of carboxylic acid groups (broad SMARTS) is 1. The third-order valence-electron chi connectivity index (χ3n) is 3.46. The van der Waals surface area contributed by atoms with Crippen LogP contribution in [0.25, 0.3) is 0 Å². The fourth-order valence-corrected chi connectivity index (χ4v) is 3.85. The molecular formula is C18H16ClF3N2O3S2. The minimum atomic E-state index is -4.73. The van der Waals surface area contributed by atoms with Gasteiger partial charge in [0.1, 0.15) is 16.0 Å². The average Bonchev–Trinajstić information content (AvgIpc) is 2.60. The number of alkyl halides is 3. The molecule has 0 radical (unpaired) electrons. The van der Waals surface area contributed by atoms with E-state index in [2.05, 4.69) is 9.38 Å². The zero-order valence-electron chi connectivity index (χ0n) is 15.5. The van der Waals surface area contributed by atoms with Gasteiger partial charge in [0.2, 0.25) is 0 Å². The highest BCUT2D eigenvalue weighted by molar-refractivity contribution is 7.99. The van der Waals surface area contributed by atoms with Crippen molar-refractivity contribution in [2.45, 2.75) is 41.6 Å². The number of hydrogen-bond donors (Lipinski definition) is 1. The predicted molar refractivity (Wildman–Crippen MR) is 107 cm³/mol. The third kappa shape index (κ3) is 5.80. The van der Waals surface area contributed by atoms with Crippen LogP contribution < -0.4 is 0 Å². The van der Waals surface area contributed by atoms with Gasteiger partial charge in [0.25, 0.3) is 0 Å². The Labute approximate surface area is 177 Å². The number of carbonyl (C=O) groups is 1. The molecular weight excluding hydrogens is 449 g/mol. The largest absolute Gasteiger partial charge is 0.478 e. The molecule has 2 aromatic rings.